The lowest BCUT2D eigenvalue weighted by atomic mass is 9.96. The second kappa shape index (κ2) is 8.66. The van der Waals surface area contributed by atoms with E-state index in [1.807, 2.05) is 25.1 Å². The summed E-state index contributed by atoms with van der Waals surface area (Å²) in [5, 5.41) is 6.02. The van der Waals surface area contributed by atoms with E-state index in [2.05, 4.69) is 17.6 Å². The predicted molar refractivity (Wildman–Crippen MR) is 90.6 cm³/mol. The maximum Gasteiger partial charge on any atom is 0.319 e. The summed E-state index contributed by atoms with van der Waals surface area (Å²) in [5.41, 5.74) is 1.86. The zero-order chi connectivity index (χ0) is 15.8. The smallest absolute Gasteiger partial charge is 0.319 e. The SMILES string of the molecule is CCCCOc1ccc(NC(=O)NC2CCCCC2)c(C)c1. The number of hydrogen-bond donors (Lipinski definition) is 2. The van der Waals surface area contributed by atoms with Crippen LogP contribution < -0.4 is 15.4 Å². The van der Waals surface area contributed by atoms with Crippen molar-refractivity contribution in [2.24, 2.45) is 0 Å². The van der Waals surface area contributed by atoms with Gasteiger partial charge in [-0.25, -0.2) is 4.79 Å². The highest BCUT2D eigenvalue weighted by atomic mass is 16.5. The first-order chi connectivity index (χ1) is 10.7. The molecule has 2 N–H and O–H groups in total. The lowest BCUT2D eigenvalue weighted by Crippen LogP contribution is -2.39. The van der Waals surface area contributed by atoms with Crippen molar-refractivity contribution < 1.29 is 9.53 Å². The number of unbranched alkanes of at least 4 members (excludes halogenated alkanes) is 1. The van der Waals surface area contributed by atoms with Crippen molar-refractivity contribution in [3.63, 3.8) is 0 Å². The second-order valence-corrected chi connectivity index (χ2v) is 6.11. The Balaban J connectivity index is 1.84. The number of urea groups is 1. The molecule has 1 aromatic carbocycles. The molecule has 1 aromatic rings. The van der Waals surface area contributed by atoms with Crippen LogP contribution >= 0.6 is 0 Å². The van der Waals surface area contributed by atoms with Crippen molar-refractivity contribution in [3.8, 4) is 5.75 Å². The molecule has 1 fully saturated rings. The van der Waals surface area contributed by atoms with Gasteiger partial charge in [-0.1, -0.05) is 32.6 Å². The Morgan fingerprint density at radius 1 is 1.27 bits per heavy atom. The van der Waals surface area contributed by atoms with Crippen molar-refractivity contribution in [1.82, 2.24) is 5.32 Å². The Hall–Kier alpha value is -1.71. The minimum absolute atomic E-state index is 0.102. The number of rotatable bonds is 6. The number of amides is 2. The lowest BCUT2D eigenvalue weighted by Gasteiger charge is -2.23. The van der Waals surface area contributed by atoms with Crippen LogP contribution in [0.3, 0.4) is 0 Å². The molecular weight excluding hydrogens is 276 g/mol. The number of nitrogens with one attached hydrogen (secondary N) is 2. The summed E-state index contributed by atoms with van der Waals surface area (Å²) in [6.07, 6.45) is 8.09. The molecule has 1 aliphatic rings. The van der Waals surface area contributed by atoms with E-state index in [1.165, 1.54) is 19.3 Å². The highest BCUT2D eigenvalue weighted by Gasteiger charge is 2.16. The Morgan fingerprint density at radius 3 is 2.73 bits per heavy atom. The fraction of sp³-hybridized carbons (Fsp3) is 0.611. The number of hydrogen-bond acceptors (Lipinski definition) is 2. The molecule has 2 amide bonds. The zero-order valence-electron chi connectivity index (χ0n) is 13.8. The van der Waals surface area contributed by atoms with Crippen LogP contribution in [0.4, 0.5) is 10.5 Å². The van der Waals surface area contributed by atoms with E-state index in [-0.39, 0.29) is 6.03 Å². The average molecular weight is 304 g/mol. The predicted octanol–water partition coefficient (Wildman–Crippen LogP) is 4.63. The molecule has 0 atom stereocenters. The summed E-state index contributed by atoms with van der Waals surface area (Å²) >= 11 is 0. The van der Waals surface area contributed by atoms with Crippen LogP contribution in [0.5, 0.6) is 5.75 Å². The van der Waals surface area contributed by atoms with Gasteiger partial charge in [-0.05, 0) is 49.9 Å². The summed E-state index contributed by atoms with van der Waals surface area (Å²) in [6, 6.07) is 6.03. The number of carbonyl (C=O) groups excluding carboxylic acids is 1. The third-order valence-corrected chi connectivity index (χ3v) is 4.15. The van der Waals surface area contributed by atoms with E-state index in [0.29, 0.717) is 6.04 Å². The van der Waals surface area contributed by atoms with Gasteiger partial charge in [0, 0.05) is 11.7 Å². The minimum atomic E-state index is -0.102. The summed E-state index contributed by atoms with van der Waals surface area (Å²) in [5.74, 6) is 0.865. The Kier molecular flexibility index (Phi) is 6.56. The van der Waals surface area contributed by atoms with Crippen LogP contribution in [0.2, 0.25) is 0 Å². The van der Waals surface area contributed by atoms with Crippen LogP contribution in [0.25, 0.3) is 0 Å². The monoisotopic (exact) mass is 304 g/mol. The molecule has 1 saturated carbocycles. The molecule has 0 spiro atoms. The molecule has 0 heterocycles. The molecule has 2 rings (SSSR count). The number of carbonyl (C=O) groups is 1. The van der Waals surface area contributed by atoms with Gasteiger partial charge >= 0.3 is 6.03 Å². The Bertz CT molecular complexity index is 482. The van der Waals surface area contributed by atoms with Crippen LogP contribution in [0.1, 0.15) is 57.4 Å². The summed E-state index contributed by atoms with van der Waals surface area (Å²) in [4.78, 5) is 12.1. The van der Waals surface area contributed by atoms with Crippen molar-refractivity contribution in [2.75, 3.05) is 11.9 Å². The van der Waals surface area contributed by atoms with Crippen molar-refractivity contribution in [1.29, 1.82) is 0 Å². The molecular formula is C18H28N2O2. The maximum absolute atomic E-state index is 12.1. The topological polar surface area (TPSA) is 50.4 Å². The van der Waals surface area contributed by atoms with Gasteiger partial charge in [-0.3, -0.25) is 0 Å². The van der Waals surface area contributed by atoms with Gasteiger partial charge in [-0.15, -0.1) is 0 Å². The standard InChI is InChI=1S/C18H28N2O2/c1-3-4-12-22-16-10-11-17(14(2)13-16)20-18(21)19-15-8-6-5-7-9-15/h10-11,13,15H,3-9,12H2,1-2H3,(H2,19,20,21). The first-order valence-electron chi connectivity index (χ1n) is 8.50. The Labute approximate surface area is 133 Å². The lowest BCUT2D eigenvalue weighted by molar-refractivity contribution is 0.244. The molecule has 0 unspecified atom stereocenters. The molecule has 0 saturated heterocycles. The molecule has 22 heavy (non-hydrogen) atoms. The van der Waals surface area contributed by atoms with Crippen molar-refractivity contribution >= 4 is 11.7 Å². The average Bonchev–Trinajstić information content (AvgIpc) is 2.51. The van der Waals surface area contributed by atoms with Gasteiger partial charge in [0.2, 0.25) is 0 Å². The van der Waals surface area contributed by atoms with Crippen LogP contribution in [-0.4, -0.2) is 18.7 Å². The molecule has 122 valence electrons. The summed E-state index contributed by atoms with van der Waals surface area (Å²) in [6.45, 7) is 4.88. The van der Waals surface area contributed by atoms with Gasteiger partial charge in [0.1, 0.15) is 5.75 Å². The van der Waals surface area contributed by atoms with Crippen LogP contribution in [0.15, 0.2) is 18.2 Å². The molecule has 0 bridgehead atoms. The largest absolute Gasteiger partial charge is 0.494 e. The third-order valence-electron chi connectivity index (χ3n) is 4.15. The van der Waals surface area contributed by atoms with Crippen LogP contribution in [0, 0.1) is 6.92 Å². The fourth-order valence-corrected chi connectivity index (χ4v) is 2.79. The van der Waals surface area contributed by atoms with E-state index in [1.54, 1.807) is 0 Å². The van der Waals surface area contributed by atoms with E-state index >= 15 is 0 Å². The second-order valence-electron chi connectivity index (χ2n) is 6.11. The minimum Gasteiger partial charge on any atom is -0.494 e. The number of aryl methyl sites for hydroxylation is 1. The molecule has 4 heteroatoms. The zero-order valence-corrected chi connectivity index (χ0v) is 13.8. The first kappa shape index (κ1) is 16.7. The third kappa shape index (κ3) is 5.24. The summed E-state index contributed by atoms with van der Waals surface area (Å²) < 4.78 is 5.68. The van der Waals surface area contributed by atoms with E-state index in [9.17, 15) is 4.79 Å². The highest BCUT2D eigenvalue weighted by molar-refractivity contribution is 5.90. The van der Waals surface area contributed by atoms with E-state index in [4.69, 9.17) is 4.74 Å². The van der Waals surface area contributed by atoms with Gasteiger partial charge in [0.25, 0.3) is 0 Å². The van der Waals surface area contributed by atoms with Crippen LogP contribution in [-0.2, 0) is 0 Å². The van der Waals surface area contributed by atoms with Gasteiger partial charge in [0.15, 0.2) is 0 Å². The van der Waals surface area contributed by atoms with Crippen molar-refractivity contribution in [2.45, 2.75) is 64.8 Å². The molecule has 0 radical (unpaired) electrons. The van der Waals surface area contributed by atoms with E-state index < -0.39 is 0 Å². The van der Waals surface area contributed by atoms with Gasteiger partial charge in [-0.2, -0.15) is 0 Å². The van der Waals surface area contributed by atoms with Gasteiger partial charge in [0.05, 0.1) is 6.61 Å². The van der Waals surface area contributed by atoms with E-state index in [0.717, 1.165) is 49.3 Å². The summed E-state index contributed by atoms with van der Waals surface area (Å²) in [7, 11) is 0. The van der Waals surface area contributed by atoms with Gasteiger partial charge < -0.3 is 15.4 Å². The molecule has 0 aromatic heterocycles. The molecule has 0 aliphatic heterocycles. The quantitative estimate of drug-likeness (QED) is 0.753. The Morgan fingerprint density at radius 2 is 2.05 bits per heavy atom. The number of benzene rings is 1. The number of ether oxygens (including phenoxy) is 1. The molecule has 4 nitrogen and oxygen atoms in total. The van der Waals surface area contributed by atoms with Crippen molar-refractivity contribution in [3.05, 3.63) is 23.8 Å². The first-order valence-corrected chi connectivity index (χ1v) is 8.50. The normalized spacial score (nSPS) is 15.4. The highest BCUT2D eigenvalue weighted by Crippen LogP contribution is 2.22. The maximum atomic E-state index is 12.1. The number of anilines is 1. The molecule has 1 aliphatic carbocycles. The fourth-order valence-electron chi connectivity index (χ4n) is 2.79.